The summed E-state index contributed by atoms with van der Waals surface area (Å²) in [5.74, 6) is 0. The van der Waals surface area contributed by atoms with E-state index in [0.717, 1.165) is 11.4 Å². The number of hydrogen-bond acceptors (Lipinski definition) is 6. The maximum atomic E-state index is 10.8. The fraction of sp³-hybridized carbons (Fsp3) is 0.143. The maximum absolute atomic E-state index is 10.8. The van der Waals surface area contributed by atoms with Gasteiger partial charge in [-0.25, -0.2) is 8.42 Å². The topological polar surface area (TPSA) is 84.5 Å². The van der Waals surface area contributed by atoms with Crippen molar-refractivity contribution in [2.45, 2.75) is 4.90 Å². The van der Waals surface area contributed by atoms with Crippen molar-refractivity contribution in [1.29, 1.82) is 0 Å². The van der Waals surface area contributed by atoms with Crippen LogP contribution in [0, 0.1) is 0 Å². The van der Waals surface area contributed by atoms with Crippen LogP contribution in [0.5, 0.6) is 0 Å². The summed E-state index contributed by atoms with van der Waals surface area (Å²) in [7, 11) is -0.473. The molecule has 0 atom stereocenters. The minimum atomic E-state index is -4.40. The van der Waals surface area contributed by atoms with Crippen molar-refractivity contribution < 1.29 is 42.5 Å². The third-order valence-electron chi connectivity index (χ3n) is 2.88. The third-order valence-corrected chi connectivity index (χ3v) is 3.73. The number of anilines is 3. The van der Waals surface area contributed by atoms with Gasteiger partial charge < -0.3 is 20.3 Å². The van der Waals surface area contributed by atoms with Crippen molar-refractivity contribution >= 4 is 27.2 Å². The summed E-state index contributed by atoms with van der Waals surface area (Å²) in [6.45, 7) is 0. The fourth-order valence-corrected chi connectivity index (χ4v) is 2.16. The number of hydrogen-bond donors (Lipinski definition) is 2. The molecule has 8 heteroatoms. The molecule has 0 aliphatic heterocycles. The number of nitrogens with zero attached hydrogens (tertiary/aromatic N) is 1. The predicted molar refractivity (Wildman–Crippen MR) is 82.4 cm³/mol. The fourth-order valence-electron chi connectivity index (χ4n) is 1.69. The average molecular weight is 329 g/mol. The molecule has 0 spiro atoms. The van der Waals surface area contributed by atoms with Crippen LogP contribution in [0.2, 0.25) is 0 Å². The summed E-state index contributed by atoms with van der Waals surface area (Å²) in [5, 5.41) is 0. The zero-order valence-corrected chi connectivity index (χ0v) is 15.5. The van der Waals surface area contributed by atoms with Crippen LogP contribution in [0.1, 0.15) is 0 Å². The normalized spacial score (nSPS) is 10.5. The summed E-state index contributed by atoms with van der Waals surface area (Å²) in [6.07, 6.45) is 0. The summed E-state index contributed by atoms with van der Waals surface area (Å²) >= 11 is 0. The number of hydrazine groups is 1. The molecule has 2 aromatic rings. The quantitative estimate of drug-likeness (QED) is 0.420. The first-order chi connectivity index (χ1) is 9.86. The third kappa shape index (κ3) is 5.19. The van der Waals surface area contributed by atoms with Gasteiger partial charge in [0.25, 0.3) is 0 Å². The van der Waals surface area contributed by atoms with Crippen LogP contribution < -0.4 is 45.3 Å². The molecule has 2 rings (SSSR count). The zero-order valence-electron chi connectivity index (χ0n) is 12.7. The largest absolute Gasteiger partial charge is 1.00 e. The molecule has 0 amide bonds. The first-order valence-electron chi connectivity index (χ1n) is 6.21. The molecule has 0 heterocycles. The van der Waals surface area contributed by atoms with Crippen LogP contribution in [0.3, 0.4) is 0 Å². The van der Waals surface area contributed by atoms with Crippen molar-refractivity contribution in [3.63, 3.8) is 0 Å². The number of rotatable bonds is 5. The molecule has 0 unspecified atom stereocenters. The first-order valence-corrected chi connectivity index (χ1v) is 7.62. The zero-order chi connectivity index (χ0) is 15.5. The molecule has 0 aromatic heterocycles. The predicted octanol–water partition coefficient (Wildman–Crippen LogP) is -0.900. The molecule has 6 nitrogen and oxygen atoms in total. The molecule has 112 valence electrons. The van der Waals surface area contributed by atoms with E-state index in [1.165, 1.54) is 24.3 Å². The first kappa shape index (κ1) is 18.8. The molecule has 2 N–H and O–H groups in total. The van der Waals surface area contributed by atoms with E-state index in [0.29, 0.717) is 5.69 Å². The molecule has 0 saturated heterocycles. The SMILES string of the molecule is CN(C)c1ccc(NNc2ccc(S(=O)(=O)[O-])cc2)cc1.[Na+]. The Morgan fingerprint density at radius 1 is 0.864 bits per heavy atom. The van der Waals surface area contributed by atoms with Crippen LogP contribution >= 0.6 is 0 Å². The minimum absolute atomic E-state index is 0. The van der Waals surface area contributed by atoms with E-state index in [1.807, 2.05) is 43.3 Å². The van der Waals surface area contributed by atoms with E-state index in [1.54, 1.807) is 0 Å². The molecular weight excluding hydrogens is 313 g/mol. The molecule has 2 aromatic carbocycles. The van der Waals surface area contributed by atoms with Crippen molar-refractivity contribution in [3.8, 4) is 0 Å². The van der Waals surface area contributed by atoms with Gasteiger partial charge in [-0.3, -0.25) is 0 Å². The van der Waals surface area contributed by atoms with E-state index in [9.17, 15) is 13.0 Å². The van der Waals surface area contributed by atoms with Crippen molar-refractivity contribution in [3.05, 3.63) is 48.5 Å². The molecule has 0 saturated carbocycles. The Morgan fingerprint density at radius 3 is 1.64 bits per heavy atom. The summed E-state index contributed by atoms with van der Waals surface area (Å²) in [4.78, 5) is 1.75. The van der Waals surface area contributed by atoms with Crippen LogP contribution in [-0.4, -0.2) is 27.1 Å². The Labute approximate surface area is 152 Å². The Morgan fingerprint density at radius 2 is 1.27 bits per heavy atom. The Hall–Kier alpha value is -1.25. The molecule has 0 radical (unpaired) electrons. The van der Waals surface area contributed by atoms with E-state index < -0.39 is 10.1 Å². The Bertz CT molecular complexity index is 701. The van der Waals surface area contributed by atoms with Gasteiger partial charge in [-0.15, -0.1) is 0 Å². The number of benzene rings is 2. The van der Waals surface area contributed by atoms with Gasteiger partial charge in [0.2, 0.25) is 0 Å². The van der Waals surface area contributed by atoms with Gasteiger partial charge in [-0.1, -0.05) is 0 Å². The van der Waals surface area contributed by atoms with Gasteiger partial charge >= 0.3 is 29.6 Å². The Kier molecular flexibility index (Phi) is 6.70. The van der Waals surface area contributed by atoms with Crippen molar-refractivity contribution in [1.82, 2.24) is 0 Å². The summed E-state index contributed by atoms with van der Waals surface area (Å²) in [5.41, 5.74) is 8.52. The van der Waals surface area contributed by atoms with Gasteiger partial charge in [0.1, 0.15) is 10.1 Å². The number of nitrogens with one attached hydrogen (secondary N) is 2. The molecule has 0 aliphatic rings. The molecule has 22 heavy (non-hydrogen) atoms. The van der Waals surface area contributed by atoms with E-state index >= 15 is 0 Å². The summed E-state index contributed by atoms with van der Waals surface area (Å²) in [6, 6.07) is 13.3. The monoisotopic (exact) mass is 329 g/mol. The van der Waals surface area contributed by atoms with Crippen molar-refractivity contribution in [2.75, 3.05) is 29.8 Å². The molecular formula is C14H16N3NaO3S. The van der Waals surface area contributed by atoms with Crippen LogP contribution in [0.25, 0.3) is 0 Å². The summed E-state index contributed by atoms with van der Waals surface area (Å²) < 4.78 is 32.4. The second-order valence-corrected chi connectivity index (χ2v) is 6.05. The molecule has 0 bridgehead atoms. The van der Waals surface area contributed by atoms with Gasteiger partial charge in [0.05, 0.1) is 16.3 Å². The minimum Gasteiger partial charge on any atom is -0.744 e. The van der Waals surface area contributed by atoms with Crippen LogP contribution in [-0.2, 0) is 10.1 Å². The van der Waals surface area contributed by atoms with Crippen LogP contribution in [0.4, 0.5) is 17.1 Å². The van der Waals surface area contributed by atoms with Gasteiger partial charge in [-0.2, -0.15) is 0 Å². The van der Waals surface area contributed by atoms with Gasteiger partial charge in [-0.05, 0) is 48.5 Å². The maximum Gasteiger partial charge on any atom is 1.00 e. The van der Waals surface area contributed by atoms with Gasteiger partial charge in [0.15, 0.2) is 0 Å². The second kappa shape index (κ2) is 7.85. The van der Waals surface area contributed by atoms with E-state index in [-0.39, 0.29) is 34.5 Å². The van der Waals surface area contributed by atoms with Gasteiger partial charge in [0, 0.05) is 19.8 Å². The molecule has 0 aliphatic carbocycles. The second-order valence-electron chi connectivity index (χ2n) is 4.67. The van der Waals surface area contributed by atoms with Crippen LogP contribution in [0.15, 0.2) is 53.4 Å². The van der Waals surface area contributed by atoms with E-state index in [4.69, 9.17) is 0 Å². The average Bonchev–Trinajstić information content (AvgIpc) is 2.45. The standard InChI is InChI=1S/C14H17N3O3S.Na/c1-17(2)13-7-3-11(4-8-13)15-16-12-5-9-14(10-6-12)21(18,19)20;/h3-10,15-16H,1-2H3,(H,18,19,20);/q;+1/p-1. The Balaban J connectivity index is 0.00000242. The smallest absolute Gasteiger partial charge is 0.744 e. The molecule has 0 fully saturated rings. The van der Waals surface area contributed by atoms with E-state index in [2.05, 4.69) is 10.9 Å². The van der Waals surface area contributed by atoms with Crippen molar-refractivity contribution in [2.24, 2.45) is 0 Å².